The van der Waals surface area contributed by atoms with E-state index < -0.39 is 5.97 Å². The van der Waals surface area contributed by atoms with Crippen LogP contribution in [0.2, 0.25) is 0 Å². The quantitative estimate of drug-likeness (QED) is 0.600. The summed E-state index contributed by atoms with van der Waals surface area (Å²) < 4.78 is 0. The molecule has 0 atom stereocenters. The summed E-state index contributed by atoms with van der Waals surface area (Å²) in [5.41, 5.74) is 5.88. The predicted molar refractivity (Wildman–Crippen MR) is 69.1 cm³/mol. The fourth-order valence-electron chi connectivity index (χ4n) is 2.44. The lowest BCUT2D eigenvalue weighted by Gasteiger charge is -2.32. The van der Waals surface area contributed by atoms with Gasteiger partial charge in [0.25, 0.3) is 0 Å². The van der Waals surface area contributed by atoms with Crippen LogP contribution in [-0.2, 0) is 9.59 Å². The highest BCUT2D eigenvalue weighted by molar-refractivity contribution is 5.77. The van der Waals surface area contributed by atoms with E-state index in [9.17, 15) is 9.59 Å². The molecule has 0 aromatic carbocycles. The first kappa shape index (κ1) is 15.0. The number of carboxylic acid groups (broad SMARTS) is 1. The summed E-state index contributed by atoms with van der Waals surface area (Å²) in [7, 11) is 0. The normalized spacial score (nSPS) is 18.3. The molecule has 18 heavy (non-hydrogen) atoms. The lowest BCUT2D eigenvalue weighted by atomic mass is 9.80. The number of nitrogens with two attached hydrogens (primary N) is 1. The number of carbonyl (C=O) groups excluding carboxylic acids is 1. The summed E-state index contributed by atoms with van der Waals surface area (Å²) in [6, 6.07) is 0. The maximum atomic E-state index is 11.7. The molecule has 1 saturated carbocycles. The second-order valence-electron chi connectivity index (χ2n) is 5.30. The van der Waals surface area contributed by atoms with E-state index in [0.717, 1.165) is 25.7 Å². The van der Waals surface area contributed by atoms with Gasteiger partial charge in [-0.15, -0.1) is 0 Å². The van der Waals surface area contributed by atoms with Gasteiger partial charge in [-0.3, -0.25) is 9.59 Å². The Morgan fingerprint density at radius 2 is 1.83 bits per heavy atom. The Bertz CT molecular complexity index is 286. The van der Waals surface area contributed by atoms with Crippen molar-refractivity contribution < 1.29 is 14.7 Å². The van der Waals surface area contributed by atoms with Crippen LogP contribution in [0.15, 0.2) is 0 Å². The molecule has 5 nitrogen and oxygen atoms in total. The lowest BCUT2D eigenvalue weighted by Crippen LogP contribution is -2.46. The van der Waals surface area contributed by atoms with E-state index in [4.69, 9.17) is 10.8 Å². The number of carboxylic acids is 1. The largest absolute Gasteiger partial charge is 0.481 e. The maximum absolute atomic E-state index is 11.7. The molecule has 0 spiro atoms. The van der Waals surface area contributed by atoms with Gasteiger partial charge in [-0.05, 0) is 25.7 Å². The Balaban J connectivity index is 2.11. The third kappa shape index (κ3) is 6.00. The van der Waals surface area contributed by atoms with E-state index in [1.54, 1.807) is 0 Å². The highest BCUT2D eigenvalue weighted by Gasteiger charge is 2.29. The van der Waals surface area contributed by atoms with Crippen LogP contribution >= 0.6 is 0 Å². The first-order valence-electron chi connectivity index (χ1n) is 6.79. The second-order valence-corrected chi connectivity index (χ2v) is 5.30. The van der Waals surface area contributed by atoms with Crippen molar-refractivity contribution in [1.29, 1.82) is 0 Å². The molecule has 1 aliphatic rings. The third-order valence-corrected chi connectivity index (χ3v) is 3.50. The summed E-state index contributed by atoms with van der Waals surface area (Å²) in [6.45, 7) is 0.544. The summed E-state index contributed by atoms with van der Waals surface area (Å²) in [4.78, 5) is 22.0. The van der Waals surface area contributed by atoms with Crippen molar-refractivity contribution in [2.24, 2.45) is 5.73 Å². The molecule has 0 aliphatic heterocycles. The van der Waals surface area contributed by atoms with E-state index in [0.29, 0.717) is 25.8 Å². The van der Waals surface area contributed by atoms with Crippen LogP contribution in [-0.4, -0.2) is 29.1 Å². The number of hydrogen-bond donors (Lipinski definition) is 3. The van der Waals surface area contributed by atoms with Gasteiger partial charge in [-0.1, -0.05) is 19.3 Å². The van der Waals surface area contributed by atoms with Crippen LogP contribution in [0.3, 0.4) is 0 Å². The molecule has 0 aromatic rings. The van der Waals surface area contributed by atoms with Gasteiger partial charge in [-0.25, -0.2) is 0 Å². The van der Waals surface area contributed by atoms with Gasteiger partial charge < -0.3 is 16.2 Å². The Morgan fingerprint density at radius 3 is 2.44 bits per heavy atom. The number of hydrogen-bond acceptors (Lipinski definition) is 3. The minimum atomic E-state index is -0.788. The molecule has 0 unspecified atom stereocenters. The molecule has 5 heteroatoms. The van der Waals surface area contributed by atoms with Crippen LogP contribution in [0, 0.1) is 0 Å². The molecular formula is C13H24N2O3. The van der Waals surface area contributed by atoms with Gasteiger partial charge in [-0.2, -0.15) is 0 Å². The van der Waals surface area contributed by atoms with Gasteiger partial charge >= 0.3 is 5.97 Å². The summed E-state index contributed by atoms with van der Waals surface area (Å²) >= 11 is 0. The number of amides is 1. The highest BCUT2D eigenvalue weighted by atomic mass is 16.4. The van der Waals surface area contributed by atoms with E-state index in [1.807, 2.05) is 0 Å². The van der Waals surface area contributed by atoms with Gasteiger partial charge in [0.15, 0.2) is 0 Å². The number of aliphatic carboxylic acids is 1. The molecule has 0 bridgehead atoms. The van der Waals surface area contributed by atoms with Gasteiger partial charge in [0.2, 0.25) is 5.91 Å². The molecular weight excluding hydrogens is 232 g/mol. The molecule has 0 saturated heterocycles. The highest BCUT2D eigenvalue weighted by Crippen LogP contribution is 2.28. The van der Waals surface area contributed by atoms with Crippen molar-refractivity contribution in [3.63, 3.8) is 0 Å². The second kappa shape index (κ2) is 7.36. The van der Waals surface area contributed by atoms with Crippen LogP contribution in [0.25, 0.3) is 0 Å². The van der Waals surface area contributed by atoms with Crippen molar-refractivity contribution in [3.8, 4) is 0 Å². The lowest BCUT2D eigenvalue weighted by molar-refractivity contribution is -0.137. The van der Waals surface area contributed by atoms with Crippen molar-refractivity contribution in [2.75, 3.05) is 6.54 Å². The first-order chi connectivity index (χ1) is 8.52. The molecule has 1 fully saturated rings. The van der Waals surface area contributed by atoms with E-state index in [2.05, 4.69) is 5.32 Å². The minimum Gasteiger partial charge on any atom is -0.481 e. The van der Waals surface area contributed by atoms with E-state index >= 15 is 0 Å². The van der Waals surface area contributed by atoms with Gasteiger partial charge in [0, 0.05) is 24.9 Å². The van der Waals surface area contributed by atoms with E-state index in [1.165, 1.54) is 6.42 Å². The van der Waals surface area contributed by atoms with Crippen molar-refractivity contribution in [1.82, 2.24) is 5.32 Å². The van der Waals surface area contributed by atoms with Crippen LogP contribution < -0.4 is 11.1 Å². The Labute approximate surface area is 108 Å². The smallest absolute Gasteiger partial charge is 0.303 e. The van der Waals surface area contributed by atoms with E-state index in [-0.39, 0.29) is 17.9 Å². The predicted octanol–water partition coefficient (Wildman–Crippen LogP) is 1.41. The molecule has 0 aromatic heterocycles. The van der Waals surface area contributed by atoms with Crippen LogP contribution in [0.5, 0.6) is 0 Å². The van der Waals surface area contributed by atoms with Crippen molar-refractivity contribution in [3.05, 3.63) is 0 Å². The Morgan fingerprint density at radius 1 is 1.17 bits per heavy atom. The van der Waals surface area contributed by atoms with Crippen molar-refractivity contribution >= 4 is 11.9 Å². The average molecular weight is 256 g/mol. The zero-order valence-corrected chi connectivity index (χ0v) is 10.9. The summed E-state index contributed by atoms with van der Waals surface area (Å²) in [6.07, 6.45) is 7.17. The average Bonchev–Trinajstić information content (AvgIpc) is 2.28. The van der Waals surface area contributed by atoms with Crippen molar-refractivity contribution in [2.45, 2.75) is 63.3 Å². The van der Waals surface area contributed by atoms with Crippen LogP contribution in [0.1, 0.15) is 57.8 Å². The van der Waals surface area contributed by atoms with Gasteiger partial charge in [0.1, 0.15) is 0 Å². The number of nitrogens with one attached hydrogen (secondary N) is 1. The third-order valence-electron chi connectivity index (χ3n) is 3.50. The Kier molecular flexibility index (Phi) is 6.12. The molecule has 1 aliphatic carbocycles. The fourth-order valence-corrected chi connectivity index (χ4v) is 2.44. The minimum absolute atomic E-state index is 0.00488. The maximum Gasteiger partial charge on any atom is 0.303 e. The SMILES string of the molecule is NC1(CC(=O)NCCCCC(=O)O)CCCCC1. The molecule has 0 radical (unpaired) electrons. The molecule has 1 amide bonds. The van der Waals surface area contributed by atoms with Gasteiger partial charge in [0.05, 0.1) is 0 Å². The molecule has 4 N–H and O–H groups in total. The topological polar surface area (TPSA) is 92.4 Å². The van der Waals surface area contributed by atoms with Crippen LogP contribution in [0.4, 0.5) is 0 Å². The number of carbonyl (C=O) groups is 2. The monoisotopic (exact) mass is 256 g/mol. The molecule has 0 heterocycles. The Hall–Kier alpha value is -1.10. The zero-order chi connectivity index (χ0) is 13.4. The summed E-state index contributed by atoms with van der Waals surface area (Å²) in [5, 5.41) is 11.3. The standard InChI is InChI=1S/C13H24N2O3/c14-13(7-3-1-4-8-13)10-11(16)15-9-5-2-6-12(17)18/h1-10,14H2,(H,15,16)(H,17,18). The first-order valence-corrected chi connectivity index (χ1v) is 6.79. The molecule has 1 rings (SSSR count). The zero-order valence-electron chi connectivity index (χ0n) is 10.9. The number of rotatable bonds is 7. The molecule has 104 valence electrons. The fraction of sp³-hybridized carbons (Fsp3) is 0.846. The number of unbranched alkanes of at least 4 members (excludes halogenated alkanes) is 1. The summed E-state index contributed by atoms with van der Waals surface area (Å²) in [5.74, 6) is -0.792.